The molecule has 2 atom stereocenters. The van der Waals surface area contributed by atoms with Crippen LogP contribution in [0.4, 0.5) is 9.59 Å². The van der Waals surface area contributed by atoms with E-state index in [2.05, 4.69) is 12.2 Å². The highest BCUT2D eigenvalue weighted by Crippen LogP contribution is 2.21. The van der Waals surface area contributed by atoms with Gasteiger partial charge in [0.2, 0.25) is 11.6 Å². The van der Waals surface area contributed by atoms with Crippen molar-refractivity contribution in [1.29, 1.82) is 0 Å². The third-order valence-corrected chi connectivity index (χ3v) is 7.85. The Kier molecular flexibility index (Phi) is 18.6. The van der Waals surface area contributed by atoms with Crippen molar-refractivity contribution in [3.8, 4) is 0 Å². The Morgan fingerprint density at radius 1 is 0.905 bits per heavy atom. The molecule has 9 heteroatoms. The van der Waals surface area contributed by atoms with Crippen LogP contribution in [-0.4, -0.2) is 55.5 Å². The fourth-order valence-corrected chi connectivity index (χ4v) is 5.26. The third-order valence-electron chi connectivity index (χ3n) is 7.85. The largest absolute Gasteiger partial charge is 0.449 e. The molecule has 0 bridgehead atoms. The van der Waals surface area contributed by atoms with Gasteiger partial charge in [0, 0.05) is 31.5 Å². The number of aromatic nitrogens is 1. The molecule has 42 heavy (non-hydrogen) atoms. The van der Waals surface area contributed by atoms with Gasteiger partial charge in [0.1, 0.15) is 19.7 Å². The molecule has 1 saturated heterocycles. The van der Waals surface area contributed by atoms with Crippen molar-refractivity contribution < 1.29 is 33.2 Å². The van der Waals surface area contributed by atoms with Gasteiger partial charge in [-0.25, -0.2) is 19.1 Å². The van der Waals surface area contributed by atoms with Crippen LogP contribution in [0.5, 0.6) is 0 Å². The summed E-state index contributed by atoms with van der Waals surface area (Å²) in [5.41, 5.74) is 0.842. The summed E-state index contributed by atoms with van der Waals surface area (Å²) in [5, 5.41) is 2.84. The highest BCUT2D eigenvalue weighted by molar-refractivity contribution is 5.90. The Balaban J connectivity index is 1.49. The second-order valence-electron chi connectivity index (χ2n) is 11.5. The number of nitrogens with zero attached hydrogens (tertiary/aromatic N) is 2. The Hall–Kier alpha value is -2.68. The number of carbonyl (C=O) groups excluding carboxylic acids is 3. The van der Waals surface area contributed by atoms with Gasteiger partial charge in [-0.05, 0) is 19.8 Å². The number of nitrogens with one attached hydrogen (secondary N) is 1. The number of hydrogen-bond acceptors (Lipinski definition) is 6. The second kappa shape index (κ2) is 21.9. The fourth-order valence-electron chi connectivity index (χ4n) is 5.26. The summed E-state index contributed by atoms with van der Waals surface area (Å²) >= 11 is 0. The third kappa shape index (κ3) is 15.0. The highest BCUT2D eigenvalue weighted by Gasteiger charge is 2.30. The van der Waals surface area contributed by atoms with E-state index < -0.39 is 12.2 Å². The van der Waals surface area contributed by atoms with Gasteiger partial charge in [-0.2, -0.15) is 0 Å². The summed E-state index contributed by atoms with van der Waals surface area (Å²) < 4.78 is 18.5. The molecule has 3 amide bonds. The second-order valence-corrected chi connectivity index (χ2v) is 11.5. The van der Waals surface area contributed by atoms with Crippen LogP contribution in [0, 0.1) is 5.92 Å². The molecule has 0 aromatic carbocycles. The van der Waals surface area contributed by atoms with E-state index in [0.29, 0.717) is 19.6 Å². The first-order chi connectivity index (χ1) is 20.4. The fraction of sp³-hybridized carbons (Fsp3) is 0.758. The van der Waals surface area contributed by atoms with Crippen LogP contribution >= 0.6 is 0 Å². The molecule has 1 aliphatic heterocycles. The maximum atomic E-state index is 12.7. The van der Waals surface area contributed by atoms with Crippen LogP contribution in [0.15, 0.2) is 24.4 Å². The number of carbonyl (C=O) groups is 3. The molecule has 0 aliphatic carbocycles. The Morgan fingerprint density at radius 3 is 2.17 bits per heavy atom. The first-order valence-electron chi connectivity index (χ1n) is 16.4. The van der Waals surface area contributed by atoms with Gasteiger partial charge in [0.05, 0.1) is 19.3 Å². The molecule has 1 N–H and O–H groups in total. The van der Waals surface area contributed by atoms with E-state index in [9.17, 15) is 14.4 Å². The topological polar surface area (TPSA) is 98.1 Å². The van der Waals surface area contributed by atoms with Crippen LogP contribution in [-0.2, 0) is 32.1 Å². The number of aryl methyl sites for hydroxylation is 1. The van der Waals surface area contributed by atoms with Crippen LogP contribution in [0.25, 0.3) is 0 Å². The maximum Gasteiger partial charge on any atom is 0.417 e. The van der Waals surface area contributed by atoms with E-state index in [1.165, 1.54) is 77.6 Å². The number of alkyl carbamates (subject to hydrolysis) is 1. The smallest absolute Gasteiger partial charge is 0.417 e. The molecule has 0 saturated carbocycles. The highest BCUT2D eigenvalue weighted by atomic mass is 16.6. The summed E-state index contributed by atoms with van der Waals surface area (Å²) in [7, 11) is 0. The molecule has 1 fully saturated rings. The number of rotatable bonds is 21. The maximum absolute atomic E-state index is 12.7. The Bertz CT molecular complexity index is 912. The number of amides is 3. The van der Waals surface area contributed by atoms with E-state index in [1.807, 2.05) is 35.9 Å². The van der Waals surface area contributed by atoms with Crippen LogP contribution in [0.2, 0.25) is 0 Å². The molecule has 238 valence electrons. The summed E-state index contributed by atoms with van der Waals surface area (Å²) in [6.07, 6.45) is 18.0. The van der Waals surface area contributed by atoms with Crippen molar-refractivity contribution in [3.63, 3.8) is 0 Å². The molecule has 1 aliphatic rings. The molecule has 9 nitrogen and oxygen atoms in total. The summed E-state index contributed by atoms with van der Waals surface area (Å²) in [6, 6.07) is 5.66. The zero-order valence-corrected chi connectivity index (χ0v) is 26.5. The van der Waals surface area contributed by atoms with Crippen molar-refractivity contribution in [2.24, 2.45) is 5.92 Å². The van der Waals surface area contributed by atoms with Gasteiger partial charge in [0.25, 0.3) is 0 Å². The number of unbranched alkanes of at least 4 members (excludes halogenated alkanes) is 12. The van der Waals surface area contributed by atoms with E-state index >= 15 is 0 Å². The molecule has 1 aromatic rings. The van der Waals surface area contributed by atoms with E-state index in [0.717, 1.165) is 30.0 Å². The first kappa shape index (κ1) is 35.5. The lowest BCUT2D eigenvalue weighted by Gasteiger charge is -2.19. The minimum Gasteiger partial charge on any atom is -0.449 e. The molecule has 0 unspecified atom stereocenters. The zero-order valence-electron chi connectivity index (χ0n) is 26.5. The van der Waals surface area contributed by atoms with Crippen molar-refractivity contribution in [2.45, 2.75) is 130 Å². The lowest BCUT2D eigenvalue weighted by Crippen LogP contribution is -2.43. The summed E-state index contributed by atoms with van der Waals surface area (Å²) in [6.45, 7) is 7.86. The van der Waals surface area contributed by atoms with Crippen LogP contribution in [0.1, 0.15) is 116 Å². The van der Waals surface area contributed by atoms with E-state index in [4.69, 9.17) is 14.2 Å². The van der Waals surface area contributed by atoms with Crippen LogP contribution < -0.4 is 9.88 Å². The van der Waals surface area contributed by atoms with Crippen molar-refractivity contribution in [3.05, 3.63) is 30.1 Å². The zero-order chi connectivity index (χ0) is 30.4. The average Bonchev–Trinajstić information content (AvgIpc) is 3.45. The quantitative estimate of drug-likeness (QED) is 0.126. The van der Waals surface area contributed by atoms with Gasteiger partial charge < -0.3 is 19.5 Å². The summed E-state index contributed by atoms with van der Waals surface area (Å²) in [4.78, 5) is 38.0. The minimum absolute atomic E-state index is 0.0485. The first-order valence-corrected chi connectivity index (χ1v) is 16.4. The molecular formula is C33H56N3O6+. The predicted molar refractivity (Wildman–Crippen MR) is 163 cm³/mol. The summed E-state index contributed by atoms with van der Waals surface area (Å²) in [5.74, 6) is -0.331. The number of imide groups is 1. The van der Waals surface area contributed by atoms with Gasteiger partial charge in [-0.1, -0.05) is 90.0 Å². The molecule has 2 rings (SSSR count). The lowest BCUT2D eigenvalue weighted by molar-refractivity contribution is -0.701. The average molecular weight is 591 g/mol. The standard InChI is InChI=1S/C33H55N3O6/c1-4-6-7-8-9-10-11-12-13-14-15-16-18-21-34-32(38)41-26-29-23-31(40-25-29)27-42-33(39)36(28(3)37)24-30-20-17-19-22-35(30)5-2/h17,19-20,22,29,31H,4-16,18,21,23-27H2,1-3H3/p+1/t29-,31+/m0/s1. The predicted octanol–water partition coefficient (Wildman–Crippen LogP) is 6.70. The van der Waals surface area contributed by atoms with Crippen molar-refractivity contribution >= 4 is 18.1 Å². The molecule has 0 radical (unpaired) electrons. The minimum atomic E-state index is -0.690. The number of hydrogen-bond donors (Lipinski definition) is 1. The Labute approximate surface area is 253 Å². The monoisotopic (exact) mass is 590 g/mol. The lowest BCUT2D eigenvalue weighted by atomic mass is 10.0. The molecule has 0 spiro atoms. The normalized spacial score (nSPS) is 16.3. The Morgan fingerprint density at radius 2 is 1.55 bits per heavy atom. The number of ether oxygens (including phenoxy) is 3. The SMILES string of the molecule is CCCCCCCCCCCCCCCNC(=O)OC[C@@H]1CO[C@@H](COC(=O)N(Cc2cccc[n+]2CC)C(C)=O)C1. The van der Waals surface area contributed by atoms with Gasteiger partial charge in [0.15, 0.2) is 6.20 Å². The van der Waals surface area contributed by atoms with Crippen molar-refractivity contribution in [1.82, 2.24) is 10.2 Å². The molecule has 1 aromatic heterocycles. The molecule has 2 heterocycles. The van der Waals surface area contributed by atoms with Gasteiger partial charge in [-0.3, -0.25) is 4.79 Å². The van der Waals surface area contributed by atoms with Gasteiger partial charge >= 0.3 is 12.2 Å². The number of pyridine rings is 1. The van der Waals surface area contributed by atoms with E-state index in [-0.39, 0.29) is 37.7 Å². The van der Waals surface area contributed by atoms with Gasteiger partial charge in [-0.15, -0.1) is 0 Å². The molecular weight excluding hydrogens is 534 g/mol. The van der Waals surface area contributed by atoms with Crippen LogP contribution in [0.3, 0.4) is 0 Å². The van der Waals surface area contributed by atoms with E-state index in [1.54, 1.807) is 0 Å². The van der Waals surface area contributed by atoms with Crippen molar-refractivity contribution in [2.75, 3.05) is 26.4 Å².